The molecule has 8 nitrogen and oxygen atoms in total. The number of aliphatic hydroxyl groups excluding tert-OH is 4. The Morgan fingerprint density at radius 2 is 1.77 bits per heavy atom. The number of hydrogen-bond acceptors (Lipinski definition) is 7. The average molecular weight is 483 g/mol. The summed E-state index contributed by atoms with van der Waals surface area (Å²) in [6.07, 6.45) is 0.376. The van der Waals surface area contributed by atoms with Crippen LogP contribution in [0.3, 0.4) is 0 Å². The zero-order valence-corrected chi connectivity index (χ0v) is 19.8. The Morgan fingerprint density at radius 3 is 2.51 bits per heavy atom. The Labute approximate surface area is 204 Å². The summed E-state index contributed by atoms with van der Waals surface area (Å²) in [4.78, 5) is 0. The number of pyridine rings is 1. The van der Waals surface area contributed by atoms with E-state index in [1.54, 1.807) is 12.1 Å². The lowest BCUT2D eigenvalue weighted by Gasteiger charge is -2.39. The highest BCUT2D eigenvalue weighted by molar-refractivity contribution is 5.88. The summed E-state index contributed by atoms with van der Waals surface area (Å²) < 4.78 is 18.9. The molecule has 1 aliphatic rings. The highest BCUT2D eigenvalue weighted by atomic mass is 16.7. The maximum atomic E-state index is 10.3. The minimum absolute atomic E-state index is 0.291. The molecule has 8 heteroatoms. The van der Waals surface area contributed by atoms with Crippen molar-refractivity contribution in [3.63, 3.8) is 0 Å². The number of aliphatic hydroxyl groups is 4. The van der Waals surface area contributed by atoms with Gasteiger partial charge in [-0.2, -0.15) is 4.57 Å². The van der Waals surface area contributed by atoms with E-state index in [-0.39, 0.29) is 0 Å². The molecule has 0 saturated carbocycles. The third-order valence-corrected chi connectivity index (χ3v) is 6.16. The first-order valence-electron chi connectivity index (χ1n) is 11.7. The number of fused-ring (bicyclic) bond motifs is 1. The molecule has 1 aromatic heterocycles. The number of methoxy groups -OCH3 is 1. The lowest BCUT2D eigenvalue weighted by atomic mass is 9.99. The number of ether oxygens (including phenoxy) is 3. The van der Waals surface area contributed by atoms with Gasteiger partial charge in [0.15, 0.2) is 17.7 Å². The highest BCUT2D eigenvalue weighted by Crippen LogP contribution is 2.32. The minimum Gasteiger partial charge on any atom is -0.493 e. The predicted octanol–water partition coefficient (Wildman–Crippen LogP) is 1.89. The Balaban J connectivity index is 1.56. The largest absolute Gasteiger partial charge is 0.493 e. The van der Waals surface area contributed by atoms with Gasteiger partial charge in [-0.05, 0) is 29.3 Å². The van der Waals surface area contributed by atoms with Crippen LogP contribution in [0.4, 0.5) is 0 Å². The van der Waals surface area contributed by atoms with E-state index < -0.39 is 37.3 Å². The summed E-state index contributed by atoms with van der Waals surface area (Å²) in [5.74, 6) is 0.697. The topological polar surface area (TPSA) is 112 Å². The molecule has 0 aliphatic carbocycles. The van der Waals surface area contributed by atoms with Crippen LogP contribution in [-0.2, 0) is 11.3 Å². The van der Waals surface area contributed by atoms with Gasteiger partial charge in [0, 0.05) is 18.6 Å². The number of hydrogen-bond donors (Lipinski definition) is 4. The van der Waals surface area contributed by atoms with Crippen molar-refractivity contribution in [1.82, 2.24) is 0 Å². The molecule has 1 aliphatic heterocycles. The van der Waals surface area contributed by atoms with E-state index in [1.807, 2.05) is 30.4 Å². The third-order valence-electron chi connectivity index (χ3n) is 6.16. The molecule has 186 valence electrons. The van der Waals surface area contributed by atoms with E-state index in [4.69, 9.17) is 14.2 Å². The second kappa shape index (κ2) is 11.2. The number of benzene rings is 2. The van der Waals surface area contributed by atoms with E-state index >= 15 is 0 Å². The maximum absolute atomic E-state index is 10.3. The van der Waals surface area contributed by atoms with Gasteiger partial charge in [-0.3, -0.25) is 0 Å². The second-order valence-electron chi connectivity index (χ2n) is 8.54. The molecule has 0 spiro atoms. The van der Waals surface area contributed by atoms with E-state index in [0.717, 1.165) is 29.5 Å². The van der Waals surface area contributed by atoms with Crippen molar-refractivity contribution in [3.8, 4) is 11.5 Å². The van der Waals surface area contributed by atoms with Crippen LogP contribution in [0.25, 0.3) is 23.1 Å². The Bertz CT molecular complexity index is 1180. The fraction of sp³-hybridized carbons (Fsp3) is 0.370. The smallest absolute Gasteiger partial charge is 0.229 e. The summed E-state index contributed by atoms with van der Waals surface area (Å²) in [6.45, 7) is 2.59. The lowest BCUT2D eigenvalue weighted by Crippen LogP contribution is -2.60. The first-order chi connectivity index (χ1) is 17.0. The predicted molar refractivity (Wildman–Crippen MR) is 131 cm³/mol. The molecule has 0 bridgehead atoms. The van der Waals surface area contributed by atoms with E-state index in [1.165, 1.54) is 12.6 Å². The van der Waals surface area contributed by atoms with Crippen LogP contribution in [0.2, 0.25) is 0 Å². The van der Waals surface area contributed by atoms with Crippen molar-refractivity contribution in [3.05, 3.63) is 65.9 Å². The molecule has 0 unspecified atom stereocenters. The summed E-state index contributed by atoms with van der Waals surface area (Å²) in [6, 6.07) is 15.7. The van der Waals surface area contributed by atoms with Crippen LogP contribution in [0.15, 0.2) is 54.7 Å². The van der Waals surface area contributed by atoms with Crippen molar-refractivity contribution >= 4 is 23.1 Å². The number of nitrogens with zero attached hydrogens (tertiary/aromatic N) is 1. The summed E-state index contributed by atoms with van der Waals surface area (Å²) in [5.41, 5.74) is 3.14. The quantitative estimate of drug-likeness (QED) is 0.363. The molecule has 1 saturated heterocycles. The molecule has 2 aromatic carbocycles. The number of aromatic nitrogens is 1. The van der Waals surface area contributed by atoms with Gasteiger partial charge in [-0.1, -0.05) is 37.3 Å². The van der Waals surface area contributed by atoms with Crippen LogP contribution < -0.4 is 14.0 Å². The molecule has 0 amide bonds. The fourth-order valence-corrected chi connectivity index (χ4v) is 4.25. The van der Waals surface area contributed by atoms with Gasteiger partial charge in [-0.15, -0.1) is 0 Å². The molecule has 2 heterocycles. The van der Waals surface area contributed by atoms with Crippen LogP contribution in [0.5, 0.6) is 11.5 Å². The number of aryl methyl sites for hydroxylation is 1. The van der Waals surface area contributed by atoms with Crippen molar-refractivity contribution in [2.75, 3.05) is 13.7 Å². The second-order valence-corrected chi connectivity index (χ2v) is 8.54. The van der Waals surface area contributed by atoms with Crippen LogP contribution >= 0.6 is 0 Å². The maximum Gasteiger partial charge on any atom is 0.229 e. The van der Waals surface area contributed by atoms with Gasteiger partial charge in [0.25, 0.3) is 0 Å². The molecule has 0 radical (unpaired) electrons. The van der Waals surface area contributed by atoms with E-state index in [2.05, 4.69) is 35.9 Å². The van der Waals surface area contributed by atoms with Gasteiger partial charge in [0.2, 0.25) is 11.8 Å². The van der Waals surface area contributed by atoms with Crippen molar-refractivity contribution in [2.24, 2.45) is 0 Å². The first kappa shape index (κ1) is 25.1. The zero-order valence-electron chi connectivity index (χ0n) is 19.8. The normalized spacial score (nSPS) is 24.7. The average Bonchev–Trinajstić information content (AvgIpc) is 2.89. The zero-order chi connectivity index (χ0) is 24.9. The standard InChI is InChI=1S/C27H32NO7/c1-3-13-28-14-12-18(19-6-4-5-7-20(19)28)10-8-17-9-11-21(22(15-17)33-2)34-27-26(32)25(31)24(30)23(16-29)35-27/h4-12,14-15,23-27,29-32H,3,13,16H2,1-2H3/q+1/b10-8+/t23-,24+,25+,26-,27-/m1/s1. The molecular weight excluding hydrogens is 450 g/mol. The Kier molecular flexibility index (Phi) is 8.00. The summed E-state index contributed by atoms with van der Waals surface area (Å²) in [5, 5.41) is 40.8. The lowest BCUT2D eigenvalue weighted by molar-refractivity contribution is -0.671. The van der Waals surface area contributed by atoms with E-state index in [9.17, 15) is 20.4 Å². The highest BCUT2D eigenvalue weighted by Gasteiger charge is 2.44. The summed E-state index contributed by atoms with van der Waals surface area (Å²) >= 11 is 0. The van der Waals surface area contributed by atoms with Crippen LogP contribution in [0.1, 0.15) is 24.5 Å². The Morgan fingerprint density at radius 1 is 0.971 bits per heavy atom. The number of rotatable bonds is 8. The molecule has 5 atom stereocenters. The van der Waals surface area contributed by atoms with Crippen molar-refractivity contribution < 1.29 is 39.2 Å². The molecule has 4 N–H and O–H groups in total. The Hall–Kier alpha value is -3.01. The van der Waals surface area contributed by atoms with Gasteiger partial charge in [0.05, 0.1) is 19.1 Å². The van der Waals surface area contributed by atoms with Gasteiger partial charge >= 0.3 is 0 Å². The van der Waals surface area contributed by atoms with Gasteiger partial charge < -0.3 is 34.6 Å². The third kappa shape index (κ3) is 5.32. The molecule has 35 heavy (non-hydrogen) atoms. The van der Waals surface area contributed by atoms with Gasteiger partial charge in [-0.25, -0.2) is 0 Å². The molecular formula is C27H32NO7+. The number of para-hydroxylation sites is 1. The molecule has 1 fully saturated rings. The fourth-order valence-electron chi connectivity index (χ4n) is 4.25. The minimum atomic E-state index is -1.52. The molecule has 4 rings (SSSR count). The molecule has 3 aromatic rings. The van der Waals surface area contributed by atoms with E-state index in [0.29, 0.717) is 11.5 Å². The van der Waals surface area contributed by atoms with Crippen LogP contribution in [0, 0.1) is 0 Å². The van der Waals surface area contributed by atoms with Crippen LogP contribution in [-0.4, -0.2) is 64.8 Å². The SMILES string of the molecule is CCC[n+]1ccc(/C=C/c2ccc(O[C@@H]3O[C@H](CO)[C@H](O)[C@H](O)[C@H]3O)c(OC)c2)c2ccccc21. The van der Waals surface area contributed by atoms with Gasteiger partial charge in [0.1, 0.15) is 31.0 Å². The van der Waals surface area contributed by atoms with Crippen molar-refractivity contribution in [2.45, 2.75) is 50.6 Å². The first-order valence-corrected chi connectivity index (χ1v) is 11.7. The summed E-state index contributed by atoms with van der Waals surface area (Å²) in [7, 11) is 1.50. The monoisotopic (exact) mass is 482 g/mol. The van der Waals surface area contributed by atoms with Crippen molar-refractivity contribution in [1.29, 1.82) is 0 Å².